The van der Waals surface area contributed by atoms with E-state index in [1.165, 1.54) is 30.1 Å². The van der Waals surface area contributed by atoms with Crippen LogP contribution in [0.3, 0.4) is 0 Å². The van der Waals surface area contributed by atoms with Crippen molar-refractivity contribution in [2.75, 3.05) is 27.4 Å². The molecule has 1 aliphatic rings. The van der Waals surface area contributed by atoms with Gasteiger partial charge in [-0.3, -0.25) is 9.36 Å². The van der Waals surface area contributed by atoms with Crippen LogP contribution in [0.4, 0.5) is 0 Å². The highest BCUT2D eigenvalue weighted by atomic mass is 79.9. The minimum atomic E-state index is -0.836. The lowest BCUT2D eigenvalue weighted by Gasteiger charge is -2.26. The van der Waals surface area contributed by atoms with Crippen molar-refractivity contribution < 1.29 is 28.5 Å². The van der Waals surface area contributed by atoms with Crippen molar-refractivity contribution in [2.24, 2.45) is 4.99 Å². The summed E-state index contributed by atoms with van der Waals surface area (Å²) in [6.07, 6.45) is 1.85. The molecule has 46 heavy (non-hydrogen) atoms. The van der Waals surface area contributed by atoms with Gasteiger partial charge in [0.05, 0.1) is 54.8 Å². The van der Waals surface area contributed by atoms with Gasteiger partial charge in [-0.05, 0) is 94.3 Å². The van der Waals surface area contributed by atoms with Crippen LogP contribution in [0.1, 0.15) is 59.7 Å². The fourth-order valence-corrected chi connectivity index (χ4v) is 7.18. The molecule has 0 fully saturated rings. The highest BCUT2D eigenvalue weighted by Crippen LogP contribution is 2.40. The van der Waals surface area contributed by atoms with E-state index in [9.17, 15) is 14.4 Å². The lowest BCUT2D eigenvalue weighted by molar-refractivity contribution is -0.139. The fourth-order valence-electron chi connectivity index (χ4n) is 5.60. The molecule has 1 aliphatic heterocycles. The number of carbonyl (C=O) groups is 2. The highest BCUT2D eigenvalue weighted by Gasteiger charge is 2.35. The summed E-state index contributed by atoms with van der Waals surface area (Å²) in [5.41, 5.74) is 5.10. The van der Waals surface area contributed by atoms with Gasteiger partial charge >= 0.3 is 11.9 Å². The third-order valence-electron chi connectivity index (χ3n) is 7.71. The zero-order valence-electron chi connectivity index (χ0n) is 26.6. The summed E-state index contributed by atoms with van der Waals surface area (Å²) in [6, 6.07) is 11.9. The average molecular weight is 709 g/mol. The first kappa shape index (κ1) is 33.0. The summed E-state index contributed by atoms with van der Waals surface area (Å²) < 4.78 is 26.3. The number of ether oxygens (including phenoxy) is 4. The Morgan fingerprint density at radius 1 is 0.957 bits per heavy atom. The number of rotatable bonds is 9. The van der Waals surface area contributed by atoms with Crippen LogP contribution >= 0.6 is 27.3 Å². The number of methoxy groups -OCH3 is 2. The molecule has 0 saturated heterocycles. The van der Waals surface area contributed by atoms with Crippen LogP contribution in [0.2, 0.25) is 0 Å². The third kappa shape index (κ3) is 5.94. The van der Waals surface area contributed by atoms with Crippen LogP contribution < -0.4 is 24.4 Å². The number of allylic oxidation sites excluding steroid dienone is 1. The number of hydrogen-bond acceptors (Lipinski definition) is 9. The molecule has 1 atom stereocenters. The number of hydrogen-bond donors (Lipinski definition) is 0. The van der Waals surface area contributed by atoms with Gasteiger partial charge in [-0.15, -0.1) is 0 Å². The maximum absolute atomic E-state index is 14.2. The maximum Gasteiger partial charge on any atom is 0.338 e. The molecule has 2 aromatic heterocycles. The van der Waals surface area contributed by atoms with Crippen molar-refractivity contribution >= 4 is 45.3 Å². The Morgan fingerprint density at radius 2 is 1.59 bits per heavy atom. The van der Waals surface area contributed by atoms with Crippen molar-refractivity contribution in [2.45, 2.75) is 40.7 Å². The number of aromatic nitrogens is 2. The number of thiazole rings is 1. The minimum Gasteiger partial charge on any atom is -0.493 e. The molecule has 4 aromatic rings. The zero-order valence-corrected chi connectivity index (χ0v) is 29.0. The van der Waals surface area contributed by atoms with E-state index in [4.69, 9.17) is 18.9 Å². The van der Waals surface area contributed by atoms with Gasteiger partial charge in [-0.1, -0.05) is 27.3 Å². The average Bonchev–Trinajstić information content (AvgIpc) is 3.49. The van der Waals surface area contributed by atoms with Crippen molar-refractivity contribution in [1.29, 1.82) is 0 Å². The van der Waals surface area contributed by atoms with Gasteiger partial charge in [-0.2, -0.15) is 0 Å². The molecule has 0 N–H and O–H groups in total. The summed E-state index contributed by atoms with van der Waals surface area (Å²) >= 11 is 4.88. The summed E-state index contributed by atoms with van der Waals surface area (Å²) in [5.74, 6) is 0.0197. The Bertz CT molecular complexity index is 2060. The van der Waals surface area contributed by atoms with Crippen molar-refractivity contribution in [3.8, 4) is 17.2 Å². The normalized spacial score (nSPS) is 14.5. The molecule has 3 heterocycles. The SMILES string of the molecule is CCOC(=O)C1=C(C)N=c2s/c(=C\c3cc(C)n(-c4ccc(C(=O)OCC)cc4)c3C)c(=O)n2[C@@H]1c1cc(OC)c(OC)cc1Br. The number of fused-ring (bicyclic) bond motifs is 1. The number of halogens is 1. The molecule has 12 heteroatoms. The molecular formula is C34H34BrN3O7S. The van der Waals surface area contributed by atoms with Crippen LogP contribution in [-0.2, 0) is 14.3 Å². The quantitative estimate of drug-likeness (QED) is 0.221. The van der Waals surface area contributed by atoms with E-state index in [0.29, 0.717) is 48.7 Å². The van der Waals surface area contributed by atoms with Crippen molar-refractivity contribution in [3.05, 3.63) is 106 Å². The van der Waals surface area contributed by atoms with E-state index in [-0.39, 0.29) is 23.7 Å². The Hall–Kier alpha value is -4.42. The molecule has 0 amide bonds. The Labute approximate surface area is 278 Å². The second-order valence-electron chi connectivity index (χ2n) is 10.5. The Balaban J connectivity index is 1.66. The molecule has 240 valence electrons. The second-order valence-corrected chi connectivity index (χ2v) is 12.3. The van der Waals surface area contributed by atoms with E-state index in [1.807, 2.05) is 38.1 Å². The number of aryl methyl sites for hydroxylation is 1. The second kappa shape index (κ2) is 13.5. The van der Waals surface area contributed by atoms with E-state index >= 15 is 0 Å². The van der Waals surface area contributed by atoms with Gasteiger partial charge < -0.3 is 23.5 Å². The molecule has 0 saturated carbocycles. The summed E-state index contributed by atoms with van der Waals surface area (Å²) in [6.45, 7) is 9.67. The molecule has 0 bridgehead atoms. The predicted octanol–water partition coefficient (Wildman–Crippen LogP) is 5.16. The first-order chi connectivity index (χ1) is 22.0. The van der Waals surface area contributed by atoms with Crippen LogP contribution in [0, 0.1) is 13.8 Å². The van der Waals surface area contributed by atoms with Crippen LogP contribution in [0.15, 0.2) is 68.0 Å². The number of esters is 2. The van der Waals surface area contributed by atoms with Gasteiger partial charge in [0.25, 0.3) is 5.56 Å². The van der Waals surface area contributed by atoms with Gasteiger partial charge in [0.15, 0.2) is 16.3 Å². The van der Waals surface area contributed by atoms with E-state index < -0.39 is 12.0 Å². The Kier molecular flexibility index (Phi) is 9.68. The van der Waals surface area contributed by atoms with E-state index in [2.05, 4.69) is 25.5 Å². The highest BCUT2D eigenvalue weighted by molar-refractivity contribution is 9.10. The fraction of sp³-hybridized carbons (Fsp3) is 0.294. The molecule has 0 aliphatic carbocycles. The van der Waals surface area contributed by atoms with E-state index in [1.54, 1.807) is 45.0 Å². The number of nitrogens with zero attached hydrogens (tertiary/aromatic N) is 3. The smallest absolute Gasteiger partial charge is 0.338 e. The summed E-state index contributed by atoms with van der Waals surface area (Å²) in [7, 11) is 3.07. The standard InChI is InChI=1S/C34H34BrN3O7S/c1-8-44-32(40)21-10-12-23(13-11-21)37-18(3)14-22(20(37)5)15-28-31(39)38-30(24-16-26(42-6)27(43-7)17-25(24)35)29(33(41)45-9-2)19(4)36-34(38)46-28/h10-17,30H,8-9H2,1-7H3/b28-15-/t30-/m1/s1. The number of carbonyl (C=O) groups excluding carboxylic acids is 2. The number of benzene rings is 2. The zero-order chi connectivity index (χ0) is 33.3. The van der Waals surface area contributed by atoms with E-state index in [0.717, 1.165) is 22.6 Å². The van der Waals surface area contributed by atoms with Crippen molar-refractivity contribution in [3.63, 3.8) is 0 Å². The molecule has 0 radical (unpaired) electrons. The first-order valence-corrected chi connectivity index (χ1v) is 16.2. The molecule has 0 spiro atoms. The summed E-state index contributed by atoms with van der Waals surface area (Å²) in [4.78, 5) is 44.9. The largest absolute Gasteiger partial charge is 0.493 e. The predicted molar refractivity (Wildman–Crippen MR) is 179 cm³/mol. The Morgan fingerprint density at radius 3 is 2.22 bits per heavy atom. The molecular weight excluding hydrogens is 674 g/mol. The molecule has 5 rings (SSSR count). The maximum atomic E-state index is 14.2. The third-order valence-corrected chi connectivity index (χ3v) is 9.38. The van der Waals surface area contributed by atoms with Gasteiger partial charge in [0, 0.05) is 21.5 Å². The molecule has 10 nitrogen and oxygen atoms in total. The minimum absolute atomic E-state index is 0.168. The molecule has 2 aromatic carbocycles. The summed E-state index contributed by atoms with van der Waals surface area (Å²) in [5, 5.41) is 0. The monoisotopic (exact) mass is 707 g/mol. The van der Waals surface area contributed by atoms with Gasteiger partial charge in [0.2, 0.25) is 0 Å². The molecule has 0 unspecified atom stereocenters. The van der Waals surface area contributed by atoms with Crippen molar-refractivity contribution in [1.82, 2.24) is 9.13 Å². The lowest BCUT2D eigenvalue weighted by Crippen LogP contribution is -2.40. The van der Waals surface area contributed by atoms with Crippen LogP contribution in [-0.4, -0.2) is 48.5 Å². The van der Waals surface area contributed by atoms with Crippen LogP contribution in [0.5, 0.6) is 11.5 Å². The first-order valence-electron chi connectivity index (χ1n) is 14.6. The topological polar surface area (TPSA) is 110 Å². The van der Waals surface area contributed by atoms with Gasteiger partial charge in [0.1, 0.15) is 0 Å². The van der Waals surface area contributed by atoms with Gasteiger partial charge in [-0.25, -0.2) is 14.6 Å². The lowest BCUT2D eigenvalue weighted by atomic mass is 9.95. The van der Waals surface area contributed by atoms with Crippen LogP contribution in [0.25, 0.3) is 11.8 Å².